The highest BCUT2D eigenvalue weighted by atomic mass is 32.1. The van der Waals surface area contributed by atoms with Gasteiger partial charge in [-0.2, -0.15) is 5.10 Å². The number of ether oxygens (including phenoxy) is 1. The highest BCUT2D eigenvalue weighted by Crippen LogP contribution is 2.33. The number of amides is 1. The van der Waals surface area contributed by atoms with Crippen LogP contribution in [0.4, 0.5) is 5.69 Å². The molecule has 0 radical (unpaired) electrons. The molecule has 2 fully saturated rings. The van der Waals surface area contributed by atoms with Gasteiger partial charge in [0.25, 0.3) is 5.91 Å². The van der Waals surface area contributed by atoms with Crippen LogP contribution in [0.15, 0.2) is 33.7 Å². The van der Waals surface area contributed by atoms with Crippen molar-refractivity contribution in [2.24, 2.45) is 10.1 Å². The first kappa shape index (κ1) is 21.4. The molecule has 1 N–H and O–H groups in total. The summed E-state index contributed by atoms with van der Waals surface area (Å²) in [6.45, 7) is 0.0723. The molecule has 3 aliphatic rings. The predicted molar refractivity (Wildman–Crippen MR) is 129 cm³/mol. The zero-order chi connectivity index (χ0) is 21.8. The molecule has 1 amide bonds. The molecule has 170 valence electrons. The standard InChI is InChI=1S/C25H32N4O2S/c30-24-16-31-23-14-13-18(15-21(23)27-24)22-17-32-25(26-19-9-7-4-8-10-19)29(22)28-20-11-5-2-1-3-6-12-20/h13-15,17,19H,1-12,16H2,(H,27,30). The average molecular weight is 453 g/mol. The van der Waals surface area contributed by atoms with E-state index in [1.807, 2.05) is 12.1 Å². The average Bonchev–Trinajstić information content (AvgIpc) is 3.17. The van der Waals surface area contributed by atoms with Crippen molar-refractivity contribution in [1.29, 1.82) is 0 Å². The second-order valence-electron chi connectivity index (χ2n) is 9.12. The number of aromatic nitrogens is 1. The Kier molecular flexibility index (Phi) is 6.72. The molecular weight excluding hydrogens is 420 g/mol. The van der Waals surface area contributed by atoms with Gasteiger partial charge in [-0.15, -0.1) is 11.3 Å². The second-order valence-corrected chi connectivity index (χ2v) is 9.95. The topological polar surface area (TPSA) is 68.0 Å². The molecule has 1 aromatic heterocycles. The first-order valence-electron chi connectivity index (χ1n) is 12.1. The van der Waals surface area contributed by atoms with E-state index in [9.17, 15) is 4.79 Å². The molecule has 0 bridgehead atoms. The summed E-state index contributed by atoms with van der Waals surface area (Å²) >= 11 is 1.67. The molecule has 0 saturated heterocycles. The van der Waals surface area contributed by atoms with Gasteiger partial charge in [0.05, 0.1) is 17.4 Å². The zero-order valence-corrected chi connectivity index (χ0v) is 19.5. The largest absolute Gasteiger partial charge is 0.482 e. The Labute approximate surface area is 193 Å². The van der Waals surface area contributed by atoms with Gasteiger partial charge in [-0.25, -0.2) is 4.68 Å². The first-order chi connectivity index (χ1) is 15.8. The smallest absolute Gasteiger partial charge is 0.262 e. The molecule has 2 aromatic rings. The van der Waals surface area contributed by atoms with Crippen LogP contribution in [0.25, 0.3) is 11.3 Å². The molecule has 7 heteroatoms. The summed E-state index contributed by atoms with van der Waals surface area (Å²) in [6.07, 6.45) is 14.7. The van der Waals surface area contributed by atoms with Crippen LogP contribution < -0.4 is 14.9 Å². The number of nitrogens with zero attached hydrogens (tertiary/aromatic N) is 3. The van der Waals surface area contributed by atoms with E-state index in [0.29, 0.717) is 11.8 Å². The van der Waals surface area contributed by atoms with Gasteiger partial charge < -0.3 is 10.1 Å². The quantitative estimate of drug-likeness (QED) is 0.646. The minimum atomic E-state index is -0.115. The number of fused-ring (bicyclic) bond motifs is 1. The van der Waals surface area contributed by atoms with Crippen molar-refractivity contribution in [1.82, 2.24) is 4.68 Å². The predicted octanol–water partition coefficient (Wildman–Crippen LogP) is 5.73. The lowest BCUT2D eigenvalue weighted by atomic mass is 9.96. The normalized spacial score (nSPS) is 20.7. The number of benzene rings is 1. The SMILES string of the molecule is O=C1COc2ccc(-c3csc(=NC4CCCCC4)n3N=C3CCCCCCC3)cc2N1. The van der Waals surface area contributed by atoms with Gasteiger partial charge >= 0.3 is 0 Å². The van der Waals surface area contributed by atoms with E-state index >= 15 is 0 Å². The highest BCUT2D eigenvalue weighted by Gasteiger charge is 2.19. The number of thiazole rings is 1. The first-order valence-corrected chi connectivity index (χ1v) is 13.0. The van der Waals surface area contributed by atoms with E-state index in [1.165, 1.54) is 69.9 Å². The molecule has 1 aromatic carbocycles. The lowest BCUT2D eigenvalue weighted by Gasteiger charge is -2.19. The molecule has 2 aliphatic carbocycles. The number of rotatable bonds is 3. The molecule has 32 heavy (non-hydrogen) atoms. The maximum Gasteiger partial charge on any atom is 0.262 e. The number of hydrogen-bond acceptors (Lipinski definition) is 5. The van der Waals surface area contributed by atoms with E-state index in [0.717, 1.165) is 34.6 Å². The fourth-order valence-electron chi connectivity index (χ4n) is 4.85. The number of carbonyl (C=O) groups excluding carboxylic acids is 1. The molecule has 2 heterocycles. The number of carbonyl (C=O) groups is 1. The Morgan fingerprint density at radius 1 is 1.00 bits per heavy atom. The van der Waals surface area contributed by atoms with Crippen LogP contribution in [0.1, 0.15) is 77.0 Å². The Morgan fingerprint density at radius 3 is 2.56 bits per heavy atom. The van der Waals surface area contributed by atoms with E-state index in [2.05, 4.69) is 21.4 Å². The van der Waals surface area contributed by atoms with E-state index < -0.39 is 0 Å². The van der Waals surface area contributed by atoms with Gasteiger partial charge in [-0.3, -0.25) is 9.79 Å². The van der Waals surface area contributed by atoms with E-state index in [4.69, 9.17) is 14.8 Å². The van der Waals surface area contributed by atoms with Crippen LogP contribution in [0.2, 0.25) is 0 Å². The second kappa shape index (κ2) is 10.0. The third-order valence-corrected chi connectivity index (χ3v) is 7.46. The van der Waals surface area contributed by atoms with Crippen molar-refractivity contribution in [2.75, 3.05) is 11.9 Å². The minimum Gasteiger partial charge on any atom is -0.482 e. The molecule has 5 rings (SSSR count). The summed E-state index contributed by atoms with van der Waals surface area (Å²) in [4.78, 5) is 17.9. The lowest BCUT2D eigenvalue weighted by molar-refractivity contribution is -0.118. The van der Waals surface area contributed by atoms with Crippen molar-refractivity contribution >= 4 is 28.6 Å². The Balaban J connectivity index is 1.55. The van der Waals surface area contributed by atoms with Crippen molar-refractivity contribution in [3.63, 3.8) is 0 Å². The zero-order valence-electron chi connectivity index (χ0n) is 18.6. The van der Waals surface area contributed by atoms with Crippen molar-refractivity contribution in [2.45, 2.75) is 83.1 Å². The summed E-state index contributed by atoms with van der Waals surface area (Å²) in [5, 5.41) is 10.3. The van der Waals surface area contributed by atoms with Gasteiger partial charge in [0.2, 0.25) is 4.80 Å². The van der Waals surface area contributed by atoms with Crippen LogP contribution >= 0.6 is 11.3 Å². The molecule has 0 unspecified atom stereocenters. The minimum absolute atomic E-state index is 0.0723. The Morgan fingerprint density at radius 2 is 1.75 bits per heavy atom. The number of nitrogens with one attached hydrogen (secondary N) is 1. The lowest BCUT2D eigenvalue weighted by Crippen LogP contribution is -2.25. The van der Waals surface area contributed by atoms with Crippen LogP contribution in [0.3, 0.4) is 0 Å². The fraction of sp³-hybridized carbons (Fsp3) is 0.560. The van der Waals surface area contributed by atoms with Crippen LogP contribution in [-0.2, 0) is 4.79 Å². The molecule has 0 spiro atoms. The summed E-state index contributed by atoms with van der Waals surface area (Å²) in [7, 11) is 0. The maximum atomic E-state index is 11.8. The Hall–Kier alpha value is -2.41. The third kappa shape index (κ3) is 4.98. The summed E-state index contributed by atoms with van der Waals surface area (Å²) in [6, 6.07) is 6.38. The van der Waals surface area contributed by atoms with Crippen molar-refractivity contribution in [3.05, 3.63) is 28.4 Å². The van der Waals surface area contributed by atoms with Gasteiger partial charge in [0.1, 0.15) is 5.75 Å². The van der Waals surface area contributed by atoms with E-state index in [1.54, 1.807) is 11.3 Å². The van der Waals surface area contributed by atoms with Crippen LogP contribution in [-0.4, -0.2) is 28.9 Å². The van der Waals surface area contributed by atoms with Crippen molar-refractivity contribution < 1.29 is 9.53 Å². The summed E-state index contributed by atoms with van der Waals surface area (Å²) in [5.74, 6) is 0.601. The van der Waals surface area contributed by atoms with Crippen LogP contribution in [0, 0.1) is 0 Å². The van der Waals surface area contributed by atoms with Gasteiger partial charge in [0.15, 0.2) is 6.61 Å². The fourth-order valence-corrected chi connectivity index (χ4v) is 5.75. The number of anilines is 1. The third-order valence-electron chi connectivity index (χ3n) is 6.63. The van der Waals surface area contributed by atoms with Gasteiger partial charge in [0, 0.05) is 16.7 Å². The molecule has 6 nitrogen and oxygen atoms in total. The molecular formula is C25H32N4O2S. The van der Waals surface area contributed by atoms with Gasteiger partial charge in [-0.05, 0) is 56.7 Å². The van der Waals surface area contributed by atoms with Gasteiger partial charge in [-0.1, -0.05) is 38.5 Å². The summed E-state index contributed by atoms with van der Waals surface area (Å²) < 4.78 is 7.62. The molecule has 0 atom stereocenters. The van der Waals surface area contributed by atoms with E-state index in [-0.39, 0.29) is 12.5 Å². The molecule has 1 aliphatic heterocycles. The Bertz CT molecular complexity index is 1050. The maximum absolute atomic E-state index is 11.8. The van der Waals surface area contributed by atoms with Crippen LogP contribution in [0.5, 0.6) is 5.75 Å². The number of hydrogen-bond donors (Lipinski definition) is 1. The molecule has 2 saturated carbocycles. The van der Waals surface area contributed by atoms with Crippen molar-refractivity contribution in [3.8, 4) is 17.0 Å². The monoisotopic (exact) mass is 452 g/mol. The highest BCUT2D eigenvalue weighted by molar-refractivity contribution is 7.07. The summed E-state index contributed by atoms with van der Waals surface area (Å²) in [5.41, 5.74) is 4.05.